The fraction of sp³-hybridized carbons (Fsp3) is 0.438. The Balaban J connectivity index is 1.61. The Bertz CT molecular complexity index is 672. The summed E-state index contributed by atoms with van der Waals surface area (Å²) in [6.45, 7) is 1.29. The Morgan fingerprint density at radius 2 is 2.13 bits per heavy atom. The lowest BCUT2D eigenvalue weighted by molar-refractivity contribution is -0.127. The summed E-state index contributed by atoms with van der Waals surface area (Å²) < 4.78 is 15.3. The molecule has 1 saturated heterocycles. The smallest absolute Gasteiger partial charge is 0.223 e. The Labute approximate surface area is 134 Å². The maximum Gasteiger partial charge on any atom is 0.223 e. The van der Waals surface area contributed by atoms with Crippen LogP contribution in [0.25, 0.3) is 0 Å². The highest BCUT2D eigenvalue weighted by atomic mass is 16.5. The second-order valence-corrected chi connectivity index (χ2v) is 5.47. The number of carbonyl (C=O) groups excluding carboxylic acids is 1. The second kappa shape index (κ2) is 6.68. The summed E-state index contributed by atoms with van der Waals surface area (Å²) in [5.41, 5.74) is 1.10. The van der Waals surface area contributed by atoms with Crippen LogP contribution >= 0.6 is 0 Å². The number of methoxy groups -OCH3 is 2. The van der Waals surface area contributed by atoms with Crippen molar-refractivity contribution in [3.05, 3.63) is 36.0 Å². The first-order chi connectivity index (χ1) is 11.2. The SMILES string of the molecule is COc1ccc(CCN2CC(c3ncon3)CC2=O)cc1OC. The van der Waals surface area contributed by atoms with Gasteiger partial charge in [0.25, 0.3) is 0 Å². The van der Waals surface area contributed by atoms with Crippen molar-refractivity contribution in [2.45, 2.75) is 18.8 Å². The molecule has 1 unspecified atom stereocenters. The van der Waals surface area contributed by atoms with Gasteiger partial charge in [0, 0.05) is 25.4 Å². The third-order valence-electron chi connectivity index (χ3n) is 4.08. The minimum atomic E-state index is 0.0200. The highest BCUT2D eigenvalue weighted by molar-refractivity contribution is 5.79. The molecule has 0 bridgehead atoms. The van der Waals surface area contributed by atoms with Crippen molar-refractivity contribution >= 4 is 5.91 Å². The first-order valence-corrected chi connectivity index (χ1v) is 7.46. The standard InChI is InChI=1S/C16H19N3O4/c1-21-13-4-3-11(7-14(13)22-2)5-6-19-9-12(8-15(19)20)16-17-10-23-18-16/h3-4,7,10,12H,5-6,8-9H2,1-2H3. The first-order valence-electron chi connectivity index (χ1n) is 7.46. The summed E-state index contributed by atoms with van der Waals surface area (Å²) >= 11 is 0. The van der Waals surface area contributed by atoms with Crippen molar-refractivity contribution < 1.29 is 18.8 Å². The summed E-state index contributed by atoms with van der Waals surface area (Å²) in [5.74, 6) is 2.15. The summed E-state index contributed by atoms with van der Waals surface area (Å²) in [6.07, 6.45) is 2.49. The highest BCUT2D eigenvalue weighted by Gasteiger charge is 2.32. The lowest BCUT2D eigenvalue weighted by Gasteiger charge is -2.16. The van der Waals surface area contributed by atoms with Crippen LogP contribution in [0.1, 0.15) is 23.7 Å². The maximum atomic E-state index is 12.1. The summed E-state index contributed by atoms with van der Waals surface area (Å²) in [7, 11) is 3.22. The van der Waals surface area contributed by atoms with E-state index in [2.05, 4.69) is 10.1 Å². The zero-order valence-corrected chi connectivity index (χ0v) is 13.2. The van der Waals surface area contributed by atoms with Crippen LogP contribution in [0.15, 0.2) is 29.1 Å². The van der Waals surface area contributed by atoms with Crippen molar-refractivity contribution in [1.29, 1.82) is 0 Å². The molecule has 7 heteroatoms. The van der Waals surface area contributed by atoms with Gasteiger partial charge in [-0.05, 0) is 24.1 Å². The van der Waals surface area contributed by atoms with Crippen LogP contribution in [0.3, 0.4) is 0 Å². The molecule has 0 radical (unpaired) electrons. The lowest BCUT2D eigenvalue weighted by Crippen LogP contribution is -2.27. The van der Waals surface area contributed by atoms with Gasteiger partial charge in [-0.25, -0.2) is 0 Å². The predicted octanol–water partition coefficient (Wildman–Crippen LogP) is 1.65. The molecule has 122 valence electrons. The van der Waals surface area contributed by atoms with Crippen LogP contribution in [-0.4, -0.2) is 48.3 Å². The number of likely N-dealkylation sites (tertiary alicyclic amines) is 1. The van der Waals surface area contributed by atoms with Crippen LogP contribution in [-0.2, 0) is 11.2 Å². The van der Waals surface area contributed by atoms with Crippen molar-refractivity contribution in [2.24, 2.45) is 0 Å². The number of nitrogens with zero attached hydrogens (tertiary/aromatic N) is 3. The Hall–Kier alpha value is -2.57. The van der Waals surface area contributed by atoms with E-state index in [1.165, 1.54) is 6.39 Å². The van der Waals surface area contributed by atoms with Crippen LogP contribution in [0, 0.1) is 0 Å². The van der Waals surface area contributed by atoms with Crippen molar-refractivity contribution in [2.75, 3.05) is 27.3 Å². The molecular formula is C16H19N3O4. The van der Waals surface area contributed by atoms with E-state index in [1.807, 2.05) is 23.1 Å². The number of amides is 1. The molecule has 3 rings (SSSR count). The third kappa shape index (κ3) is 3.28. The molecule has 0 N–H and O–H groups in total. The molecule has 0 saturated carbocycles. The van der Waals surface area contributed by atoms with E-state index in [4.69, 9.17) is 14.0 Å². The normalized spacial score (nSPS) is 17.6. The van der Waals surface area contributed by atoms with E-state index in [0.29, 0.717) is 36.8 Å². The fourth-order valence-electron chi connectivity index (χ4n) is 2.82. The third-order valence-corrected chi connectivity index (χ3v) is 4.08. The van der Waals surface area contributed by atoms with Gasteiger partial charge in [0.05, 0.1) is 14.2 Å². The molecule has 2 aromatic rings. The number of hydrogen-bond donors (Lipinski definition) is 0. The van der Waals surface area contributed by atoms with Crippen LogP contribution in [0.2, 0.25) is 0 Å². The topological polar surface area (TPSA) is 77.7 Å². The van der Waals surface area contributed by atoms with E-state index in [1.54, 1.807) is 14.2 Å². The van der Waals surface area contributed by atoms with Gasteiger partial charge < -0.3 is 18.9 Å². The fourth-order valence-corrected chi connectivity index (χ4v) is 2.82. The van der Waals surface area contributed by atoms with Crippen molar-refractivity contribution in [3.8, 4) is 11.5 Å². The molecule has 1 aromatic heterocycles. The number of benzene rings is 1. The monoisotopic (exact) mass is 317 g/mol. The molecule has 1 aromatic carbocycles. The van der Waals surface area contributed by atoms with E-state index in [0.717, 1.165) is 12.0 Å². The molecule has 23 heavy (non-hydrogen) atoms. The van der Waals surface area contributed by atoms with E-state index >= 15 is 0 Å². The largest absolute Gasteiger partial charge is 0.493 e. The number of aromatic nitrogens is 2. The van der Waals surface area contributed by atoms with Crippen molar-refractivity contribution in [3.63, 3.8) is 0 Å². The zero-order chi connectivity index (χ0) is 16.2. The highest BCUT2D eigenvalue weighted by Crippen LogP contribution is 2.29. The predicted molar refractivity (Wildman–Crippen MR) is 81.5 cm³/mol. The van der Waals surface area contributed by atoms with Gasteiger partial charge in [-0.1, -0.05) is 11.2 Å². The van der Waals surface area contributed by atoms with Gasteiger partial charge >= 0.3 is 0 Å². The van der Waals surface area contributed by atoms with Gasteiger partial charge in [0.15, 0.2) is 17.3 Å². The Morgan fingerprint density at radius 3 is 2.83 bits per heavy atom. The molecule has 2 heterocycles. The van der Waals surface area contributed by atoms with Gasteiger partial charge in [-0.2, -0.15) is 4.98 Å². The lowest BCUT2D eigenvalue weighted by atomic mass is 10.1. The second-order valence-electron chi connectivity index (χ2n) is 5.47. The maximum absolute atomic E-state index is 12.1. The van der Waals surface area contributed by atoms with Gasteiger partial charge in [0.1, 0.15) is 0 Å². The molecule has 1 atom stereocenters. The first kappa shape index (κ1) is 15.3. The van der Waals surface area contributed by atoms with E-state index < -0.39 is 0 Å². The van der Waals surface area contributed by atoms with Crippen molar-refractivity contribution in [1.82, 2.24) is 15.0 Å². The molecule has 1 aliphatic rings. The average Bonchev–Trinajstić information content (AvgIpc) is 3.22. The quantitative estimate of drug-likeness (QED) is 0.806. The van der Waals surface area contributed by atoms with Crippen LogP contribution in [0.4, 0.5) is 0 Å². The Morgan fingerprint density at radius 1 is 1.30 bits per heavy atom. The Kier molecular flexibility index (Phi) is 4.45. The summed E-state index contributed by atoms with van der Waals surface area (Å²) in [6, 6.07) is 5.80. The zero-order valence-electron chi connectivity index (χ0n) is 13.2. The molecule has 0 spiro atoms. The van der Waals surface area contributed by atoms with E-state index in [9.17, 15) is 4.79 Å². The number of carbonyl (C=O) groups is 1. The minimum absolute atomic E-state index is 0.0200. The number of hydrogen-bond acceptors (Lipinski definition) is 6. The average molecular weight is 317 g/mol. The number of ether oxygens (including phenoxy) is 2. The molecule has 1 fully saturated rings. The molecular weight excluding hydrogens is 298 g/mol. The molecule has 1 aliphatic heterocycles. The molecule has 0 aliphatic carbocycles. The molecule has 1 amide bonds. The number of rotatable bonds is 6. The van der Waals surface area contributed by atoms with Gasteiger partial charge in [-0.3, -0.25) is 4.79 Å². The summed E-state index contributed by atoms with van der Waals surface area (Å²) in [4.78, 5) is 18.0. The van der Waals surface area contributed by atoms with Crippen LogP contribution in [0.5, 0.6) is 11.5 Å². The van der Waals surface area contributed by atoms with Gasteiger partial charge in [-0.15, -0.1) is 0 Å². The van der Waals surface area contributed by atoms with Gasteiger partial charge in [0.2, 0.25) is 12.3 Å². The molecule has 7 nitrogen and oxygen atoms in total. The van der Waals surface area contributed by atoms with E-state index in [-0.39, 0.29) is 11.8 Å². The minimum Gasteiger partial charge on any atom is -0.493 e. The van der Waals surface area contributed by atoms with Crippen LogP contribution < -0.4 is 9.47 Å². The summed E-state index contributed by atoms with van der Waals surface area (Å²) in [5, 5.41) is 3.83.